The Bertz CT molecular complexity index is 590. The average molecular weight is 343 g/mol. The summed E-state index contributed by atoms with van der Waals surface area (Å²) in [6.07, 6.45) is 0. The molecular formula is C15H14BrClFN. The zero-order valence-corrected chi connectivity index (χ0v) is 13.1. The first-order chi connectivity index (χ1) is 8.99. The Morgan fingerprint density at radius 3 is 2.68 bits per heavy atom. The van der Waals surface area contributed by atoms with Crippen molar-refractivity contribution in [3.63, 3.8) is 0 Å². The molecule has 2 aromatic rings. The molecule has 0 fully saturated rings. The maximum Gasteiger partial charge on any atom is 0.142 e. The monoisotopic (exact) mass is 341 g/mol. The number of rotatable bonds is 3. The molecule has 1 N–H and O–H groups in total. The predicted molar refractivity (Wildman–Crippen MR) is 82.4 cm³/mol. The van der Waals surface area contributed by atoms with E-state index in [-0.39, 0.29) is 10.8 Å². The Labute approximate surface area is 125 Å². The number of anilines is 1. The first kappa shape index (κ1) is 14.4. The molecule has 0 bridgehead atoms. The van der Waals surface area contributed by atoms with E-state index in [9.17, 15) is 4.39 Å². The summed E-state index contributed by atoms with van der Waals surface area (Å²) >= 11 is 9.47. The molecule has 100 valence electrons. The SMILES string of the molecule is Cc1cc(C)c(NCc2cccc(F)c2Cl)c(Br)c1. The third kappa shape index (κ3) is 3.28. The molecule has 2 aromatic carbocycles. The molecule has 0 amide bonds. The molecule has 0 aliphatic heterocycles. The molecule has 0 saturated heterocycles. The minimum Gasteiger partial charge on any atom is -0.380 e. The van der Waals surface area contributed by atoms with Crippen LogP contribution in [0, 0.1) is 19.7 Å². The molecule has 0 spiro atoms. The summed E-state index contributed by atoms with van der Waals surface area (Å²) in [5.74, 6) is -0.388. The van der Waals surface area contributed by atoms with Gasteiger partial charge >= 0.3 is 0 Å². The van der Waals surface area contributed by atoms with Crippen LogP contribution in [0.2, 0.25) is 5.02 Å². The second kappa shape index (κ2) is 5.93. The van der Waals surface area contributed by atoms with Crippen molar-refractivity contribution in [1.29, 1.82) is 0 Å². The fourth-order valence-electron chi connectivity index (χ4n) is 2.01. The fraction of sp³-hybridized carbons (Fsp3) is 0.200. The second-order valence-electron chi connectivity index (χ2n) is 4.51. The van der Waals surface area contributed by atoms with E-state index < -0.39 is 0 Å². The number of halogens is 3. The number of benzene rings is 2. The van der Waals surface area contributed by atoms with E-state index in [4.69, 9.17) is 11.6 Å². The summed E-state index contributed by atoms with van der Waals surface area (Å²) in [6.45, 7) is 4.57. The molecule has 19 heavy (non-hydrogen) atoms. The second-order valence-corrected chi connectivity index (χ2v) is 5.74. The number of hydrogen-bond donors (Lipinski definition) is 1. The Morgan fingerprint density at radius 2 is 2.00 bits per heavy atom. The largest absolute Gasteiger partial charge is 0.380 e. The van der Waals surface area contributed by atoms with Crippen LogP contribution in [-0.4, -0.2) is 0 Å². The van der Waals surface area contributed by atoms with Gasteiger partial charge in [0.05, 0.1) is 10.7 Å². The molecular weight excluding hydrogens is 329 g/mol. The van der Waals surface area contributed by atoms with Gasteiger partial charge in [0.2, 0.25) is 0 Å². The zero-order valence-electron chi connectivity index (χ0n) is 10.7. The van der Waals surface area contributed by atoms with Gasteiger partial charge in [0.15, 0.2) is 0 Å². The summed E-state index contributed by atoms with van der Waals surface area (Å²) in [4.78, 5) is 0. The van der Waals surface area contributed by atoms with Crippen molar-refractivity contribution < 1.29 is 4.39 Å². The van der Waals surface area contributed by atoms with Crippen LogP contribution in [0.15, 0.2) is 34.8 Å². The van der Waals surface area contributed by atoms with Gasteiger partial charge in [0, 0.05) is 11.0 Å². The molecule has 0 heterocycles. The standard InChI is InChI=1S/C15H14BrClFN/c1-9-6-10(2)15(12(16)7-9)19-8-11-4-3-5-13(18)14(11)17/h3-7,19H,8H2,1-2H3. The third-order valence-corrected chi connectivity index (χ3v) is 3.97. The maximum atomic E-state index is 13.3. The number of aryl methyl sites for hydroxylation is 2. The summed E-state index contributed by atoms with van der Waals surface area (Å²) in [5, 5.41) is 3.47. The summed E-state index contributed by atoms with van der Waals surface area (Å²) in [7, 11) is 0. The van der Waals surface area contributed by atoms with Crippen LogP contribution in [0.1, 0.15) is 16.7 Å². The van der Waals surface area contributed by atoms with Crippen LogP contribution in [0.4, 0.5) is 10.1 Å². The minimum atomic E-state index is -0.388. The predicted octanol–water partition coefficient (Wildman–Crippen LogP) is 5.47. The summed E-state index contributed by atoms with van der Waals surface area (Å²) < 4.78 is 14.3. The third-order valence-electron chi connectivity index (χ3n) is 2.92. The highest BCUT2D eigenvalue weighted by atomic mass is 79.9. The Kier molecular flexibility index (Phi) is 4.48. The van der Waals surface area contributed by atoms with Gasteiger partial charge in [-0.3, -0.25) is 0 Å². The van der Waals surface area contributed by atoms with Crippen LogP contribution in [0.3, 0.4) is 0 Å². The lowest BCUT2D eigenvalue weighted by molar-refractivity contribution is 0.626. The van der Waals surface area contributed by atoms with E-state index in [0.717, 1.165) is 21.3 Å². The van der Waals surface area contributed by atoms with Crippen LogP contribution < -0.4 is 5.32 Å². The first-order valence-corrected chi connectivity index (χ1v) is 7.09. The van der Waals surface area contributed by atoms with Crippen molar-refractivity contribution in [3.05, 3.63) is 62.3 Å². The van der Waals surface area contributed by atoms with E-state index >= 15 is 0 Å². The van der Waals surface area contributed by atoms with Crippen molar-refractivity contribution in [2.45, 2.75) is 20.4 Å². The molecule has 4 heteroatoms. The highest BCUT2D eigenvalue weighted by Crippen LogP contribution is 2.29. The van der Waals surface area contributed by atoms with E-state index in [1.807, 2.05) is 26.0 Å². The lowest BCUT2D eigenvalue weighted by Crippen LogP contribution is -2.03. The average Bonchev–Trinajstić information content (AvgIpc) is 2.33. The van der Waals surface area contributed by atoms with Gasteiger partial charge in [0.1, 0.15) is 5.82 Å². The molecule has 0 aromatic heterocycles. The van der Waals surface area contributed by atoms with Crippen LogP contribution in [-0.2, 0) is 6.54 Å². The van der Waals surface area contributed by atoms with E-state index in [0.29, 0.717) is 6.54 Å². The first-order valence-electron chi connectivity index (χ1n) is 5.92. The fourth-order valence-corrected chi connectivity index (χ4v) is 3.01. The van der Waals surface area contributed by atoms with Gasteiger partial charge in [-0.15, -0.1) is 0 Å². The van der Waals surface area contributed by atoms with Crippen LogP contribution in [0.5, 0.6) is 0 Å². The topological polar surface area (TPSA) is 12.0 Å². The van der Waals surface area contributed by atoms with E-state index in [2.05, 4.69) is 27.3 Å². The van der Waals surface area contributed by atoms with Gasteiger partial charge in [-0.25, -0.2) is 4.39 Å². The number of nitrogens with one attached hydrogen (secondary N) is 1. The smallest absolute Gasteiger partial charge is 0.142 e. The normalized spacial score (nSPS) is 10.6. The summed E-state index contributed by atoms with van der Waals surface area (Å²) in [6, 6.07) is 8.98. The van der Waals surface area contributed by atoms with Gasteiger partial charge < -0.3 is 5.32 Å². The lowest BCUT2D eigenvalue weighted by atomic mass is 10.1. The Balaban J connectivity index is 2.22. The van der Waals surface area contributed by atoms with E-state index in [1.165, 1.54) is 11.6 Å². The molecule has 1 nitrogen and oxygen atoms in total. The van der Waals surface area contributed by atoms with Gasteiger partial charge in [-0.2, -0.15) is 0 Å². The molecule has 0 aliphatic carbocycles. The quantitative estimate of drug-likeness (QED) is 0.780. The lowest BCUT2D eigenvalue weighted by Gasteiger charge is -2.13. The van der Waals surface area contributed by atoms with Crippen molar-refractivity contribution in [2.24, 2.45) is 0 Å². The van der Waals surface area contributed by atoms with Gasteiger partial charge in [0.25, 0.3) is 0 Å². The molecule has 0 atom stereocenters. The van der Waals surface area contributed by atoms with Crippen LogP contribution in [0.25, 0.3) is 0 Å². The molecule has 0 radical (unpaired) electrons. The van der Waals surface area contributed by atoms with Crippen molar-refractivity contribution >= 4 is 33.2 Å². The Hall–Kier alpha value is -1.06. The van der Waals surface area contributed by atoms with Crippen molar-refractivity contribution in [2.75, 3.05) is 5.32 Å². The molecule has 2 rings (SSSR count). The van der Waals surface area contributed by atoms with Gasteiger partial charge in [-0.1, -0.05) is 29.8 Å². The maximum absolute atomic E-state index is 13.3. The molecule has 0 unspecified atom stereocenters. The highest BCUT2D eigenvalue weighted by Gasteiger charge is 2.08. The Morgan fingerprint density at radius 1 is 1.26 bits per heavy atom. The zero-order chi connectivity index (χ0) is 14.0. The van der Waals surface area contributed by atoms with Crippen LogP contribution >= 0.6 is 27.5 Å². The van der Waals surface area contributed by atoms with E-state index in [1.54, 1.807) is 6.07 Å². The van der Waals surface area contributed by atoms with Gasteiger partial charge in [-0.05, 0) is 58.6 Å². The molecule has 0 saturated carbocycles. The highest BCUT2D eigenvalue weighted by molar-refractivity contribution is 9.10. The minimum absolute atomic E-state index is 0.177. The summed E-state index contributed by atoms with van der Waals surface area (Å²) in [5.41, 5.74) is 4.08. The van der Waals surface area contributed by atoms with Crippen molar-refractivity contribution in [3.8, 4) is 0 Å². The number of hydrogen-bond acceptors (Lipinski definition) is 1. The van der Waals surface area contributed by atoms with Crippen molar-refractivity contribution in [1.82, 2.24) is 0 Å². The molecule has 0 aliphatic rings.